The smallest absolute Gasteiger partial charge is 0.255 e. The monoisotopic (exact) mass is 525 g/mol. The number of aryl methyl sites for hydroxylation is 1. The predicted molar refractivity (Wildman–Crippen MR) is 135 cm³/mol. The van der Waals surface area contributed by atoms with Crippen molar-refractivity contribution in [1.82, 2.24) is 25.2 Å². The third-order valence-electron chi connectivity index (χ3n) is 6.47. The lowest BCUT2D eigenvalue weighted by Gasteiger charge is -2.32. The van der Waals surface area contributed by atoms with Crippen LogP contribution in [0.4, 0.5) is 0 Å². The zero-order valence-electron chi connectivity index (χ0n) is 20.5. The highest BCUT2D eigenvalue weighted by atomic mass is 35.5. The predicted octanol–water partition coefficient (Wildman–Crippen LogP) is 3.34. The van der Waals surface area contributed by atoms with Crippen molar-refractivity contribution in [2.45, 2.75) is 38.5 Å². The van der Waals surface area contributed by atoms with E-state index in [2.05, 4.69) is 15.6 Å². The van der Waals surface area contributed by atoms with Gasteiger partial charge in [-0.15, -0.1) is 5.10 Å². The van der Waals surface area contributed by atoms with Gasteiger partial charge in [-0.2, -0.15) is 0 Å². The molecule has 0 atom stereocenters. The number of fused-ring (bicyclic) bond motifs is 7. The van der Waals surface area contributed by atoms with Gasteiger partial charge >= 0.3 is 0 Å². The summed E-state index contributed by atoms with van der Waals surface area (Å²) >= 11 is 6.17. The van der Waals surface area contributed by atoms with E-state index in [0.717, 1.165) is 0 Å². The first-order valence-electron chi connectivity index (χ1n) is 12.2. The highest BCUT2D eigenvalue weighted by Gasteiger charge is 2.26. The molecule has 1 aromatic heterocycles. The Hall–Kier alpha value is -3.79. The lowest BCUT2D eigenvalue weighted by Crippen LogP contribution is -2.46. The lowest BCUT2D eigenvalue weighted by molar-refractivity contribution is 0.0697. The quantitative estimate of drug-likeness (QED) is 0.519. The molecular weight excluding hydrogens is 498 g/mol. The minimum atomic E-state index is -0.222. The summed E-state index contributed by atoms with van der Waals surface area (Å²) in [6, 6.07) is 10.1. The maximum atomic E-state index is 13.2. The molecule has 3 aliphatic rings. The summed E-state index contributed by atoms with van der Waals surface area (Å²) in [5.41, 5.74) is 1.58. The fraction of sp³-hybridized carbons (Fsp3) is 0.385. The number of halogens is 1. The Kier molecular flexibility index (Phi) is 7.45. The number of hydrogen-bond donors (Lipinski definition) is 1. The van der Waals surface area contributed by atoms with Crippen LogP contribution in [-0.4, -0.2) is 64.6 Å². The van der Waals surface area contributed by atoms with Crippen molar-refractivity contribution in [2.24, 2.45) is 0 Å². The molecule has 1 N–H and O–H groups in total. The number of rotatable bonds is 1. The molecule has 10 nitrogen and oxygen atoms in total. The number of aromatic nitrogens is 3. The number of ether oxygens (including phenoxy) is 3. The van der Waals surface area contributed by atoms with Crippen LogP contribution >= 0.6 is 11.6 Å². The maximum Gasteiger partial charge on any atom is 0.255 e. The number of hydrogen-bond acceptors (Lipinski definition) is 7. The molecule has 0 spiro atoms. The van der Waals surface area contributed by atoms with Gasteiger partial charge in [0.05, 0.1) is 25.5 Å². The number of carbonyl (C=O) groups is 2. The molecule has 0 aliphatic carbocycles. The van der Waals surface area contributed by atoms with Gasteiger partial charge in [0.25, 0.3) is 11.8 Å². The Morgan fingerprint density at radius 3 is 2.70 bits per heavy atom. The number of piperidine rings is 1. The van der Waals surface area contributed by atoms with Crippen LogP contribution in [0.3, 0.4) is 0 Å². The van der Waals surface area contributed by atoms with Crippen molar-refractivity contribution in [2.75, 3.05) is 26.8 Å². The summed E-state index contributed by atoms with van der Waals surface area (Å²) in [6.07, 6.45) is 3.74. The van der Waals surface area contributed by atoms with Crippen LogP contribution in [0.5, 0.6) is 17.2 Å². The Morgan fingerprint density at radius 2 is 1.89 bits per heavy atom. The van der Waals surface area contributed by atoms with Crippen molar-refractivity contribution in [3.05, 3.63) is 64.4 Å². The first kappa shape index (κ1) is 24.9. The lowest BCUT2D eigenvalue weighted by atomic mass is 10.0. The summed E-state index contributed by atoms with van der Waals surface area (Å²) in [6.45, 7) is 2.17. The van der Waals surface area contributed by atoms with Crippen LogP contribution in [0, 0.1) is 0 Å². The third kappa shape index (κ3) is 5.80. The van der Waals surface area contributed by atoms with E-state index in [1.54, 1.807) is 59.3 Å². The molecule has 0 saturated carbocycles. The van der Waals surface area contributed by atoms with Crippen LogP contribution in [0.2, 0.25) is 5.02 Å². The van der Waals surface area contributed by atoms with Crippen molar-refractivity contribution < 1.29 is 23.8 Å². The first-order valence-corrected chi connectivity index (χ1v) is 12.6. The van der Waals surface area contributed by atoms with E-state index in [-0.39, 0.29) is 24.5 Å². The minimum absolute atomic E-state index is 0.0507. The maximum absolute atomic E-state index is 13.2. The van der Waals surface area contributed by atoms with E-state index >= 15 is 0 Å². The average molecular weight is 526 g/mol. The number of carbonyl (C=O) groups excluding carboxylic acids is 2. The Morgan fingerprint density at radius 1 is 1.05 bits per heavy atom. The Labute approximate surface area is 219 Å². The SMILES string of the molecule is COc1ccc2cc1OCc1cn(nn1)CCCOc1cc(Cl)ccc1C(=O)NC1CCN(CC1)C2=O. The zero-order valence-corrected chi connectivity index (χ0v) is 21.2. The van der Waals surface area contributed by atoms with Gasteiger partial charge in [0.2, 0.25) is 0 Å². The number of benzene rings is 2. The molecule has 2 aromatic carbocycles. The second-order valence-corrected chi connectivity index (χ2v) is 9.45. The van der Waals surface area contributed by atoms with Gasteiger partial charge in [-0.3, -0.25) is 14.3 Å². The fourth-order valence-electron chi connectivity index (χ4n) is 4.47. The van der Waals surface area contributed by atoms with E-state index in [9.17, 15) is 9.59 Å². The summed E-state index contributed by atoms with van der Waals surface area (Å²) in [5.74, 6) is 1.11. The van der Waals surface area contributed by atoms with Crippen LogP contribution in [0.15, 0.2) is 42.6 Å². The zero-order chi connectivity index (χ0) is 25.8. The van der Waals surface area contributed by atoms with Crippen LogP contribution in [0.25, 0.3) is 0 Å². The highest BCUT2D eigenvalue weighted by molar-refractivity contribution is 6.30. The molecule has 4 heterocycles. The first-order chi connectivity index (χ1) is 18.0. The van der Waals surface area contributed by atoms with Gasteiger partial charge in [0, 0.05) is 42.7 Å². The fourth-order valence-corrected chi connectivity index (χ4v) is 4.63. The van der Waals surface area contributed by atoms with Crippen molar-refractivity contribution in [3.63, 3.8) is 0 Å². The normalized spacial score (nSPS) is 17.2. The molecule has 1 saturated heterocycles. The second kappa shape index (κ2) is 11.1. The summed E-state index contributed by atoms with van der Waals surface area (Å²) in [4.78, 5) is 28.1. The number of amides is 2. The molecule has 3 aromatic rings. The van der Waals surface area contributed by atoms with Gasteiger partial charge in [-0.1, -0.05) is 16.8 Å². The molecule has 0 unspecified atom stereocenters. The standard InChI is InChI=1S/C26H28ClN5O5/c1-35-22-6-3-17-13-24(22)37-16-20-15-32(30-29-20)9-2-12-36-23-14-18(27)4-5-21(23)25(33)28-19-7-10-31(11-8-19)26(17)34/h3-6,13-15,19H,2,7-12,16H2,1H3,(H,28,33). The van der Waals surface area contributed by atoms with Crippen LogP contribution in [0.1, 0.15) is 45.7 Å². The van der Waals surface area contributed by atoms with E-state index < -0.39 is 0 Å². The van der Waals surface area contributed by atoms with Gasteiger partial charge in [-0.05, 0) is 49.2 Å². The minimum Gasteiger partial charge on any atom is -0.493 e. The van der Waals surface area contributed by atoms with Crippen molar-refractivity contribution in [3.8, 4) is 17.2 Å². The molecule has 11 heteroatoms. The number of nitrogens with zero attached hydrogens (tertiary/aromatic N) is 4. The molecular formula is C26H28ClN5O5. The largest absolute Gasteiger partial charge is 0.493 e. The van der Waals surface area contributed by atoms with E-state index in [1.807, 2.05) is 0 Å². The molecule has 6 rings (SSSR count). The topological polar surface area (TPSA) is 108 Å². The van der Waals surface area contributed by atoms with Crippen LogP contribution in [-0.2, 0) is 13.2 Å². The molecule has 3 aliphatic heterocycles. The molecule has 194 valence electrons. The molecule has 37 heavy (non-hydrogen) atoms. The van der Waals surface area contributed by atoms with Crippen molar-refractivity contribution >= 4 is 23.4 Å². The van der Waals surface area contributed by atoms with Crippen LogP contribution < -0.4 is 19.5 Å². The summed E-state index contributed by atoms with van der Waals surface area (Å²) in [5, 5.41) is 11.9. The van der Waals surface area contributed by atoms with E-state index in [0.29, 0.717) is 84.6 Å². The summed E-state index contributed by atoms with van der Waals surface area (Å²) < 4.78 is 19.0. The Bertz CT molecular complexity index is 1290. The molecule has 2 amide bonds. The average Bonchev–Trinajstić information content (AvgIpc) is 3.37. The van der Waals surface area contributed by atoms with E-state index in [4.69, 9.17) is 25.8 Å². The van der Waals surface area contributed by atoms with Gasteiger partial charge in [0.15, 0.2) is 11.5 Å². The second-order valence-electron chi connectivity index (χ2n) is 9.01. The number of nitrogens with one attached hydrogen (secondary N) is 1. The van der Waals surface area contributed by atoms with Crippen molar-refractivity contribution in [1.29, 1.82) is 0 Å². The molecule has 1 fully saturated rings. The highest BCUT2D eigenvalue weighted by Crippen LogP contribution is 2.30. The summed E-state index contributed by atoms with van der Waals surface area (Å²) in [7, 11) is 1.56. The van der Waals surface area contributed by atoms with E-state index in [1.165, 1.54) is 0 Å². The molecule has 6 bridgehead atoms. The molecule has 0 radical (unpaired) electrons. The Balaban J connectivity index is 1.40. The van der Waals surface area contributed by atoms with Gasteiger partial charge < -0.3 is 24.4 Å². The van der Waals surface area contributed by atoms with Gasteiger partial charge in [-0.25, -0.2) is 0 Å². The third-order valence-corrected chi connectivity index (χ3v) is 6.70. The van der Waals surface area contributed by atoms with Gasteiger partial charge in [0.1, 0.15) is 18.1 Å². The number of methoxy groups -OCH3 is 1.